The van der Waals surface area contributed by atoms with Gasteiger partial charge in [0.1, 0.15) is 6.54 Å². The molecule has 1 aromatic carbocycles. The van der Waals surface area contributed by atoms with Crippen LogP contribution >= 0.6 is 0 Å². The van der Waals surface area contributed by atoms with Crippen molar-refractivity contribution in [1.82, 2.24) is 5.43 Å². The van der Waals surface area contributed by atoms with Crippen molar-refractivity contribution in [3.8, 4) is 0 Å². The maximum absolute atomic E-state index is 13.1. The Kier molecular flexibility index (Phi) is 4.78. The van der Waals surface area contributed by atoms with E-state index in [4.69, 9.17) is 5.84 Å². The lowest BCUT2D eigenvalue weighted by atomic mass is 10.3. The average Bonchev–Trinajstić information content (AvgIpc) is 2.38. The van der Waals surface area contributed by atoms with E-state index in [9.17, 15) is 22.0 Å². The zero-order valence-corrected chi connectivity index (χ0v) is 10.9. The summed E-state index contributed by atoms with van der Waals surface area (Å²) < 4.78 is 50.3. The summed E-state index contributed by atoms with van der Waals surface area (Å²) in [5, 5.41) is 0. The molecule has 0 radical (unpaired) electrons. The first-order valence-corrected chi connectivity index (χ1v) is 6.87. The Bertz CT molecular complexity index is 577. The Hall–Kier alpha value is -1.74. The number of amides is 1. The van der Waals surface area contributed by atoms with Crippen LogP contribution in [0, 0.1) is 11.6 Å². The highest BCUT2D eigenvalue weighted by molar-refractivity contribution is 7.92. The first kappa shape index (κ1) is 15.3. The molecule has 106 valence electrons. The van der Waals surface area contributed by atoms with Crippen molar-refractivity contribution in [2.24, 2.45) is 5.84 Å². The molecule has 9 heteroatoms. The molecule has 0 unspecified atom stereocenters. The van der Waals surface area contributed by atoms with Crippen LogP contribution in [-0.4, -0.2) is 26.6 Å². The minimum atomic E-state index is -3.82. The molecule has 0 heterocycles. The Morgan fingerprint density at radius 2 is 2.00 bits per heavy atom. The largest absolute Gasteiger partial charge is 0.293 e. The number of carbonyl (C=O) groups excluding carboxylic acids is 1. The van der Waals surface area contributed by atoms with Crippen molar-refractivity contribution in [3.05, 3.63) is 29.8 Å². The van der Waals surface area contributed by atoms with Crippen LogP contribution in [0.15, 0.2) is 18.2 Å². The Morgan fingerprint density at radius 1 is 1.37 bits per heavy atom. The highest BCUT2D eigenvalue weighted by atomic mass is 32.2. The van der Waals surface area contributed by atoms with Crippen LogP contribution < -0.4 is 15.6 Å². The predicted molar refractivity (Wildman–Crippen MR) is 65.5 cm³/mol. The van der Waals surface area contributed by atoms with Gasteiger partial charge < -0.3 is 0 Å². The third kappa shape index (κ3) is 3.61. The van der Waals surface area contributed by atoms with Crippen molar-refractivity contribution in [2.75, 3.05) is 16.6 Å². The van der Waals surface area contributed by atoms with Crippen molar-refractivity contribution in [2.45, 2.75) is 6.92 Å². The SMILES string of the molecule is CCS(=O)(=O)N(CC(=O)NN)c1ccc(F)c(F)c1. The van der Waals surface area contributed by atoms with E-state index in [1.807, 2.05) is 0 Å². The molecule has 0 fully saturated rings. The molecule has 0 aliphatic rings. The van der Waals surface area contributed by atoms with E-state index in [0.29, 0.717) is 10.4 Å². The molecule has 0 spiro atoms. The number of sulfonamides is 1. The maximum atomic E-state index is 13.1. The minimum absolute atomic E-state index is 0.149. The Balaban J connectivity index is 3.23. The zero-order chi connectivity index (χ0) is 14.6. The molecule has 1 amide bonds. The van der Waals surface area contributed by atoms with Gasteiger partial charge in [0.2, 0.25) is 10.0 Å². The summed E-state index contributed by atoms with van der Waals surface area (Å²) in [4.78, 5) is 11.2. The Morgan fingerprint density at radius 3 is 2.47 bits per heavy atom. The number of nitrogens with zero attached hydrogens (tertiary/aromatic N) is 1. The topological polar surface area (TPSA) is 92.5 Å². The maximum Gasteiger partial charge on any atom is 0.254 e. The highest BCUT2D eigenvalue weighted by Crippen LogP contribution is 2.21. The fourth-order valence-electron chi connectivity index (χ4n) is 1.32. The van der Waals surface area contributed by atoms with E-state index >= 15 is 0 Å². The third-order valence-corrected chi connectivity index (χ3v) is 4.08. The van der Waals surface area contributed by atoms with Gasteiger partial charge in [-0.2, -0.15) is 0 Å². The van der Waals surface area contributed by atoms with Crippen LogP contribution in [0.25, 0.3) is 0 Å². The quantitative estimate of drug-likeness (QED) is 0.458. The van der Waals surface area contributed by atoms with Gasteiger partial charge in [-0.1, -0.05) is 0 Å². The second kappa shape index (κ2) is 5.93. The monoisotopic (exact) mass is 293 g/mol. The molecule has 0 atom stereocenters. The average molecular weight is 293 g/mol. The molecular formula is C10H13F2N3O3S. The van der Waals surface area contributed by atoms with Gasteiger partial charge in [-0.25, -0.2) is 23.0 Å². The number of hydrogen-bond donors (Lipinski definition) is 2. The summed E-state index contributed by atoms with van der Waals surface area (Å²) in [7, 11) is -3.82. The van der Waals surface area contributed by atoms with E-state index in [1.165, 1.54) is 6.92 Å². The van der Waals surface area contributed by atoms with Crippen LogP contribution in [0.2, 0.25) is 0 Å². The van der Waals surface area contributed by atoms with E-state index in [0.717, 1.165) is 12.1 Å². The fraction of sp³-hybridized carbons (Fsp3) is 0.300. The van der Waals surface area contributed by atoms with Crippen molar-refractivity contribution in [3.63, 3.8) is 0 Å². The minimum Gasteiger partial charge on any atom is -0.293 e. The van der Waals surface area contributed by atoms with Crippen LogP contribution in [0.3, 0.4) is 0 Å². The standard InChI is InChI=1S/C10H13F2N3O3S/c1-2-19(17,18)15(6-10(16)14-13)7-3-4-8(11)9(12)5-7/h3-5H,2,6,13H2,1H3,(H,14,16). The van der Waals surface area contributed by atoms with Gasteiger partial charge in [-0.15, -0.1) is 0 Å². The number of nitrogens with two attached hydrogens (primary N) is 1. The van der Waals surface area contributed by atoms with E-state index in [-0.39, 0.29) is 11.4 Å². The summed E-state index contributed by atoms with van der Waals surface area (Å²) >= 11 is 0. The number of hydrazine groups is 1. The lowest BCUT2D eigenvalue weighted by molar-refractivity contribution is -0.119. The molecule has 1 aromatic rings. The Labute approximate surface area is 109 Å². The smallest absolute Gasteiger partial charge is 0.254 e. The van der Waals surface area contributed by atoms with Crippen molar-refractivity contribution < 1.29 is 22.0 Å². The number of benzene rings is 1. The fourth-order valence-corrected chi connectivity index (χ4v) is 2.38. The summed E-state index contributed by atoms with van der Waals surface area (Å²) in [5.74, 6) is 1.49. The van der Waals surface area contributed by atoms with Gasteiger partial charge in [0, 0.05) is 6.07 Å². The second-order valence-electron chi connectivity index (χ2n) is 3.57. The van der Waals surface area contributed by atoms with Gasteiger partial charge in [0.15, 0.2) is 11.6 Å². The molecule has 19 heavy (non-hydrogen) atoms. The molecule has 3 N–H and O–H groups in total. The van der Waals surface area contributed by atoms with E-state index in [2.05, 4.69) is 0 Å². The molecule has 1 rings (SSSR count). The van der Waals surface area contributed by atoms with Gasteiger partial charge in [-0.05, 0) is 19.1 Å². The first-order valence-electron chi connectivity index (χ1n) is 5.26. The number of anilines is 1. The highest BCUT2D eigenvalue weighted by Gasteiger charge is 2.24. The zero-order valence-electron chi connectivity index (χ0n) is 10.1. The third-order valence-electron chi connectivity index (χ3n) is 2.34. The summed E-state index contributed by atoms with van der Waals surface area (Å²) in [6.07, 6.45) is 0. The second-order valence-corrected chi connectivity index (χ2v) is 5.76. The summed E-state index contributed by atoms with van der Waals surface area (Å²) in [5.41, 5.74) is 1.63. The molecule has 0 bridgehead atoms. The molecule has 0 saturated carbocycles. The summed E-state index contributed by atoms with van der Waals surface area (Å²) in [6.45, 7) is 0.750. The van der Waals surface area contributed by atoms with Gasteiger partial charge >= 0.3 is 0 Å². The normalized spacial score (nSPS) is 11.2. The van der Waals surface area contributed by atoms with Gasteiger partial charge in [0.05, 0.1) is 11.4 Å². The summed E-state index contributed by atoms with van der Waals surface area (Å²) in [6, 6.07) is 2.55. The van der Waals surface area contributed by atoms with Crippen LogP contribution in [0.5, 0.6) is 0 Å². The number of nitrogens with one attached hydrogen (secondary N) is 1. The number of halogens is 2. The van der Waals surface area contributed by atoms with Crippen LogP contribution in [0.1, 0.15) is 6.92 Å². The molecule has 6 nitrogen and oxygen atoms in total. The van der Waals surface area contributed by atoms with Gasteiger partial charge in [-0.3, -0.25) is 14.5 Å². The van der Waals surface area contributed by atoms with Crippen LogP contribution in [0.4, 0.5) is 14.5 Å². The lowest BCUT2D eigenvalue weighted by Gasteiger charge is -2.22. The predicted octanol–water partition coefficient (Wildman–Crippen LogP) is 0.111. The molecular weight excluding hydrogens is 280 g/mol. The number of hydrogen-bond acceptors (Lipinski definition) is 4. The number of carbonyl (C=O) groups is 1. The van der Waals surface area contributed by atoms with Crippen molar-refractivity contribution in [1.29, 1.82) is 0 Å². The number of rotatable bonds is 5. The molecule has 0 saturated heterocycles. The van der Waals surface area contributed by atoms with E-state index < -0.39 is 34.1 Å². The van der Waals surface area contributed by atoms with Crippen molar-refractivity contribution >= 4 is 21.6 Å². The molecule has 0 aliphatic heterocycles. The molecule has 0 aromatic heterocycles. The van der Waals surface area contributed by atoms with Crippen LogP contribution in [-0.2, 0) is 14.8 Å². The van der Waals surface area contributed by atoms with E-state index in [1.54, 1.807) is 5.43 Å². The lowest BCUT2D eigenvalue weighted by Crippen LogP contribution is -2.43. The molecule has 0 aliphatic carbocycles. The van der Waals surface area contributed by atoms with Gasteiger partial charge in [0.25, 0.3) is 5.91 Å². The first-order chi connectivity index (χ1) is 8.81.